The first-order valence-electron chi connectivity index (χ1n) is 10.3. The van der Waals surface area contributed by atoms with Gasteiger partial charge >= 0.3 is 5.97 Å². The second-order valence-electron chi connectivity index (χ2n) is 8.44. The first-order chi connectivity index (χ1) is 14.8. The molecule has 0 amide bonds. The molecule has 0 N–H and O–H groups in total. The molecule has 3 aromatic rings. The van der Waals surface area contributed by atoms with Gasteiger partial charge in [-0.2, -0.15) is 0 Å². The molecular weight excluding hydrogens is 395 g/mol. The van der Waals surface area contributed by atoms with E-state index in [0.29, 0.717) is 11.3 Å². The molecule has 2 unspecified atom stereocenters. The van der Waals surface area contributed by atoms with Crippen LogP contribution in [0.2, 0.25) is 0 Å². The maximum absolute atomic E-state index is 14.1. The molecule has 1 aliphatic rings. The van der Waals surface area contributed by atoms with Gasteiger partial charge in [-0.3, -0.25) is 4.79 Å². The van der Waals surface area contributed by atoms with Gasteiger partial charge < -0.3 is 14.2 Å². The molecule has 1 saturated carbocycles. The van der Waals surface area contributed by atoms with Crippen LogP contribution in [0.25, 0.3) is 0 Å². The number of hydrogen-bond donors (Lipinski definition) is 0. The van der Waals surface area contributed by atoms with Crippen molar-refractivity contribution in [2.45, 2.75) is 33.5 Å². The van der Waals surface area contributed by atoms with E-state index in [0.717, 1.165) is 11.3 Å². The lowest BCUT2D eigenvalue weighted by atomic mass is 10.1. The van der Waals surface area contributed by atoms with Crippen LogP contribution in [0.1, 0.15) is 25.0 Å². The Hall–Kier alpha value is -3.34. The number of hydrogen-bond acceptors (Lipinski definition) is 4. The van der Waals surface area contributed by atoms with Crippen LogP contribution in [0.15, 0.2) is 72.8 Å². The number of para-hydroxylation sites is 1. The molecule has 1 fully saturated rings. The van der Waals surface area contributed by atoms with E-state index in [1.807, 2.05) is 63.2 Å². The van der Waals surface area contributed by atoms with E-state index in [9.17, 15) is 9.18 Å². The molecule has 31 heavy (non-hydrogen) atoms. The number of esters is 1. The van der Waals surface area contributed by atoms with Crippen molar-refractivity contribution in [1.82, 2.24) is 0 Å². The van der Waals surface area contributed by atoms with Crippen LogP contribution in [0.3, 0.4) is 0 Å². The van der Waals surface area contributed by atoms with Gasteiger partial charge in [0.1, 0.15) is 30.1 Å². The second kappa shape index (κ2) is 8.42. The Kier molecular flexibility index (Phi) is 5.68. The number of carbonyl (C=O) groups is 1. The minimum absolute atomic E-state index is 0.0358. The highest BCUT2D eigenvalue weighted by molar-refractivity contribution is 5.78. The zero-order chi connectivity index (χ0) is 22.0. The minimum Gasteiger partial charge on any atom is -0.489 e. The summed E-state index contributed by atoms with van der Waals surface area (Å²) < 4.78 is 31.3. The van der Waals surface area contributed by atoms with Crippen molar-refractivity contribution in [3.8, 4) is 17.2 Å². The molecule has 2 atom stereocenters. The van der Waals surface area contributed by atoms with Crippen molar-refractivity contribution >= 4 is 5.97 Å². The maximum atomic E-state index is 14.1. The molecule has 4 nitrogen and oxygen atoms in total. The van der Waals surface area contributed by atoms with Crippen molar-refractivity contribution < 1.29 is 23.4 Å². The van der Waals surface area contributed by atoms with Gasteiger partial charge in [-0.15, -0.1) is 0 Å². The Labute approximate surface area is 181 Å². The predicted molar refractivity (Wildman–Crippen MR) is 116 cm³/mol. The molecule has 0 saturated heterocycles. The third-order valence-electron chi connectivity index (χ3n) is 5.61. The SMILES string of the molecule is Cc1ccc(OC2C(C(=O)OCc3ccc(F)c(Oc4ccccc4)c3)C2(C)C)cc1. The van der Waals surface area contributed by atoms with Gasteiger partial charge in [-0.05, 0) is 48.9 Å². The average molecular weight is 420 g/mol. The summed E-state index contributed by atoms with van der Waals surface area (Å²) in [4.78, 5) is 12.7. The maximum Gasteiger partial charge on any atom is 0.313 e. The molecule has 0 radical (unpaired) electrons. The monoisotopic (exact) mass is 420 g/mol. The van der Waals surface area contributed by atoms with Gasteiger partial charge in [-0.25, -0.2) is 4.39 Å². The smallest absolute Gasteiger partial charge is 0.313 e. The van der Waals surface area contributed by atoms with Crippen LogP contribution in [-0.4, -0.2) is 12.1 Å². The highest BCUT2D eigenvalue weighted by atomic mass is 19.1. The summed E-state index contributed by atoms with van der Waals surface area (Å²) in [7, 11) is 0. The average Bonchev–Trinajstić information content (AvgIpc) is 3.30. The highest BCUT2D eigenvalue weighted by Crippen LogP contribution is 2.54. The Balaban J connectivity index is 1.37. The fourth-order valence-corrected chi connectivity index (χ4v) is 3.58. The normalized spacial score (nSPS) is 18.8. The predicted octanol–water partition coefficient (Wildman–Crippen LogP) is 6.07. The van der Waals surface area contributed by atoms with Crippen molar-refractivity contribution in [3.05, 3.63) is 89.7 Å². The van der Waals surface area contributed by atoms with E-state index in [1.54, 1.807) is 24.3 Å². The molecule has 1 aliphatic carbocycles. The van der Waals surface area contributed by atoms with E-state index in [-0.39, 0.29) is 35.8 Å². The Morgan fingerprint density at radius 3 is 2.39 bits per heavy atom. The first kappa shape index (κ1) is 20.9. The zero-order valence-corrected chi connectivity index (χ0v) is 17.8. The summed E-state index contributed by atoms with van der Waals surface area (Å²) in [5.41, 5.74) is 1.48. The number of carbonyl (C=O) groups excluding carboxylic acids is 1. The molecule has 0 heterocycles. The number of rotatable bonds is 7. The number of ether oxygens (including phenoxy) is 3. The second-order valence-corrected chi connectivity index (χ2v) is 8.44. The molecule has 0 aromatic heterocycles. The molecule has 160 valence electrons. The largest absolute Gasteiger partial charge is 0.489 e. The minimum atomic E-state index is -0.478. The third-order valence-corrected chi connectivity index (χ3v) is 5.61. The molecular formula is C26H25FO4. The van der Waals surface area contributed by atoms with Gasteiger partial charge in [0.05, 0.1) is 0 Å². The summed E-state index contributed by atoms with van der Waals surface area (Å²) >= 11 is 0. The fourth-order valence-electron chi connectivity index (χ4n) is 3.58. The van der Waals surface area contributed by atoms with E-state index in [4.69, 9.17) is 14.2 Å². The van der Waals surface area contributed by atoms with Crippen molar-refractivity contribution in [3.63, 3.8) is 0 Å². The van der Waals surface area contributed by atoms with Gasteiger partial charge in [0.15, 0.2) is 11.6 Å². The highest BCUT2D eigenvalue weighted by Gasteiger charge is 2.65. The molecule has 0 bridgehead atoms. The Morgan fingerprint density at radius 2 is 1.68 bits per heavy atom. The van der Waals surface area contributed by atoms with Crippen LogP contribution < -0.4 is 9.47 Å². The number of benzene rings is 3. The molecule has 3 aromatic carbocycles. The zero-order valence-electron chi connectivity index (χ0n) is 17.8. The van der Waals surface area contributed by atoms with Crippen LogP contribution in [0.4, 0.5) is 4.39 Å². The summed E-state index contributed by atoms with van der Waals surface area (Å²) in [5.74, 6) is 0.207. The molecule has 0 spiro atoms. The van der Waals surface area contributed by atoms with Crippen LogP contribution in [0, 0.1) is 24.1 Å². The van der Waals surface area contributed by atoms with Crippen LogP contribution in [-0.2, 0) is 16.1 Å². The van der Waals surface area contributed by atoms with Crippen molar-refractivity contribution in [2.75, 3.05) is 0 Å². The topological polar surface area (TPSA) is 44.8 Å². The summed E-state index contributed by atoms with van der Waals surface area (Å²) in [6.45, 7) is 6.02. The van der Waals surface area contributed by atoms with Gasteiger partial charge in [0.25, 0.3) is 0 Å². The van der Waals surface area contributed by atoms with Crippen LogP contribution in [0.5, 0.6) is 17.2 Å². The molecule has 5 heteroatoms. The standard InChI is InChI=1S/C26H25FO4/c1-17-9-12-20(13-10-17)31-24-23(26(24,2)3)25(28)29-16-18-11-14-21(27)22(15-18)30-19-7-5-4-6-8-19/h4-15,23-24H,16H2,1-3H3. The third kappa shape index (κ3) is 4.71. The quantitative estimate of drug-likeness (QED) is 0.435. The molecule has 0 aliphatic heterocycles. The Bertz CT molecular complexity index is 1060. The summed E-state index contributed by atoms with van der Waals surface area (Å²) in [6.07, 6.45) is -0.243. The van der Waals surface area contributed by atoms with E-state index >= 15 is 0 Å². The number of aryl methyl sites for hydroxylation is 1. The lowest BCUT2D eigenvalue weighted by Gasteiger charge is -2.10. The molecule has 4 rings (SSSR count). The van der Waals surface area contributed by atoms with E-state index in [2.05, 4.69) is 0 Å². The van der Waals surface area contributed by atoms with Gasteiger partial charge in [0.2, 0.25) is 0 Å². The van der Waals surface area contributed by atoms with Crippen molar-refractivity contribution in [2.24, 2.45) is 11.3 Å². The summed E-state index contributed by atoms with van der Waals surface area (Å²) in [5, 5.41) is 0. The Morgan fingerprint density at radius 1 is 0.968 bits per heavy atom. The van der Waals surface area contributed by atoms with Gasteiger partial charge in [-0.1, -0.05) is 55.8 Å². The van der Waals surface area contributed by atoms with Gasteiger partial charge in [0, 0.05) is 5.41 Å². The lowest BCUT2D eigenvalue weighted by Crippen LogP contribution is -2.12. The van der Waals surface area contributed by atoms with Crippen molar-refractivity contribution in [1.29, 1.82) is 0 Å². The lowest BCUT2D eigenvalue weighted by molar-refractivity contribution is -0.147. The summed E-state index contributed by atoms with van der Waals surface area (Å²) in [6, 6.07) is 21.2. The first-order valence-corrected chi connectivity index (χ1v) is 10.3. The number of halogens is 1. The fraction of sp³-hybridized carbons (Fsp3) is 0.269. The van der Waals surface area contributed by atoms with E-state index in [1.165, 1.54) is 6.07 Å². The van der Waals surface area contributed by atoms with Crippen LogP contribution >= 0.6 is 0 Å². The van der Waals surface area contributed by atoms with E-state index < -0.39 is 5.82 Å².